The zero-order valence-electron chi connectivity index (χ0n) is 8.09. The molecule has 2 heteroatoms. The molecular weight excluding hydrogens is 194 g/mol. The van der Waals surface area contributed by atoms with Crippen LogP contribution in [0.3, 0.4) is 0 Å². The molecular formula is C12H14ClN. The van der Waals surface area contributed by atoms with Crippen molar-refractivity contribution in [3.63, 3.8) is 0 Å². The average molecular weight is 208 g/mol. The predicted octanol–water partition coefficient (Wildman–Crippen LogP) is 3.02. The lowest BCUT2D eigenvalue weighted by molar-refractivity contribution is 0.940. The molecule has 14 heavy (non-hydrogen) atoms. The number of fused-ring (bicyclic) bond motifs is 1. The first-order valence-corrected chi connectivity index (χ1v) is 5.37. The Balaban J connectivity index is 2.40. The van der Waals surface area contributed by atoms with E-state index < -0.39 is 0 Å². The lowest BCUT2D eigenvalue weighted by Gasteiger charge is -2.17. The molecule has 0 fully saturated rings. The van der Waals surface area contributed by atoms with Gasteiger partial charge >= 0.3 is 0 Å². The number of nitrogens with two attached hydrogens (primary N) is 1. The first-order valence-electron chi connectivity index (χ1n) is 4.99. The van der Waals surface area contributed by atoms with Crippen LogP contribution in [0.4, 0.5) is 0 Å². The second kappa shape index (κ2) is 4.16. The zero-order valence-corrected chi connectivity index (χ0v) is 8.85. The molecule has 0 aromatic heterocycles. The third-order valence-corrected chi connectivity index (χ3v) is 2.87. The number of allylic oxidation sites excluding steroid dienone is 1. The van der Waals surface area contributed by atoms with Crippen LogP contribution in [-0.4, -0.2) is 6.54 Å². The van der Waals surface area contributed by atoms with Crippen molar-refractivity contribution >= 4 is 17.2 Å². The molecule has 0 heterocycles. The Morgan fingerprint density at radius 3 is 3.00 bits per heavy atom. The van der Waals surface area contributed by atoms with E-state index in [0.717, 1.165) is 24.3 Å². The van der Waals surface area contributed by atoms with Crippen molar-refractivity contribution in [1.29, 1.82) is 0 Å². The monoisotopic (exact) mass is 207 g/mol. The molecule has 1 aromatic carbocycles. The summed E-state index contributed by atoms with van der Waals surface area (Å²) in [6.45, 7) is 0.706. The van der Waals surface area contributed by atoms with Gasteiger partial charge in [-0.1, -0.05) is 23.7 Å². The van der Waals surface area contributed by atoms with Crippen molar-refractivity contribution in [1.82, 2.24) is 0 Å². The van der Waals surface area contributed by atoms with Crippen LogP contribution in [-0.2, 0) is 6.42 Å². The Bertz CT molecular complexity index is 369. The maximum atomic E-state index is 5.98. The van der Waals surface area contributed by atoms with E-state index >= 15 is 0 Å². The quantitative estimate of drug-likeness (QED) is 0.793. The molecule has 0 bridgehead atoms. The van der Waals surface area contributed by atoms with E-state index in [1.807, 2.05) is 6.07 Å². The Morgan fingerprint density at radius 2 is 2.21 bits per heavy atom. The van der Waals surface area contributed by atoms with Gasteiger partial charge in [0.25, 0.3) is 0 Å². The molecule has 0 amide bonds. The summed E-state index contributed by atoms with van der Waals surface area (Å²) in [5.41, 5.74) is 9.64. The molecule has 0 aliphatic heterocycles. The summed E-state index contributed by atoms with van der Waals surface area (Å²) < 4.78 is 0. The second-order valence-electron chi connectivity index (χ2n) is 3.61. The van der Waals surface area contributed by atoms with Gasteiger partial charge in [0, 0.05) is 5.02 Å². The van der Waals surface area contributed by atoms with Gasteiger partial charge in [-0.15, -0.1) is 0 Å². The van der Waals surface area contributed by atoms with Gasteiger partial charge in [-0.05, 0) is 54.6 Å². The molecule has 0 saturated heterocycles. The van der Waals surface area contributed by atoms with Crippen LogP contribution in [0.2, 0.25) is 5.02 Å². The van der Waals surface area contributed by atoms with Crippen LogP contribution in [0.1, 0.15) is 24.0 Å². The number of halogens is 1. The third kappa shape index (κ3) is 1.84. The summed E-state index contributed by atoms with van der Waals surface area (Å²) in [5.74, 6) is 0. The Morgan fingerprint density at radius 1 is 1.36 bits per heavy atom. The summed E-state index contributed by atoms with van der Waals surface area (Å²) in [5, 5.41) is 0.813. The number of benzene rings is 1. The maximum Gasteiger partial charge on any atom is 0.0412 e. The van der Waals surface area contributed by atoms with Gasteiger partial charge in [-0.3, -0.25) is 0 Å². The normalized spacial score (nSPS) is 14.9. The maximum absolute atomic E-state index is 5.98. The van der Waals surface area contributed by atoms with E-state index in [4.69, 9.17) is 17.3 Å². The molecule has 0 unspecified atom stereocenters. The number of aryl methyl sites for hydroxylation is 1. The highest BCUT2D eigenvalue weighted by Crippen LogP contribution is 2.30. The summed E-state index contributed by atoms with van der Waals surface area (Å²) in [7, 11) is 0. The Labute approximate surface area is 89.6 Å². The summed E-state index contributed by atoms with van der Waals surface area (Å²) >= 11 is 5.98. The van der Waals surface area contributed by atoms with Gasteiger partial charge < -0.3 is 5.73 Å². The van der Waals surface area contributed by atoms with Crippen LogP contribution >= 0.6 is 11.6 Å². The van der Waals surface area contributed by atoms with Gasteiger partial charge in [-0.25, -0.2) is 0 Å². The molecule has 1 nitrogen and oxygen atoms in total. The fourth-order valence-corrected chi connectivity index (χ4v) is 2.14. The Kier molecular flexibility index (Phi) is 2.90. The van der Waals surface area contributed by atoms with Crippen LogP contribution in [0, 0.1) is 0 Å². The second-order valence-corrected chi connectivity index (χ2v) is 4.04. The highest BCUT2D eigenvalue weighted by Gasteiger charge is 2.11. The largest absolute Gasteiger partial charge is 0.330 e. The van der Waals surface area contributed by atoms with Gasteiger partial charge in [0.1, 0.15) is 0 Å². The van der Waals surface area contributed by atoms with Gasteiger partial charge in [0.05, 0.1) is 0 Å². The Hall–Kier alpha value is -0.790. The van der Waals surface area contributed by atoms with Crippen LogP contribution < -0.4 is 5.73 Å². The van der Waals surface area contributed by atoms with Crippen molar-refractivity contribution in [3.8, 4) is 0 Å². The van der Waals surface area contributed by atoms with Crippen LogP contribution in [0.15, 0.2) is 24.3 Å². The summed E-state index contributed by atoms with van der Waals surface area (Å²) in [6, 6.07) is 6.14. The van der Waals surface area contributed by atoms with E-state index in [1.54, 1.807) is 0 Å². The molecule has 0 spiro atoms. The summed E-state index contributed by atoms with van der Waals surface area (Å²) in [6.07, 6.45) is 5.49. The topological polar surface area (TPSA) is 26.0 Å². The molecule has 2 rings (SSSR count). The van der Waals surface area contributed by atoms with Crippen molar-refractivity contribution < 1.29 is 0 Å². The number of rotatable bonds is 2. The molecule has 74 valence electrons. The van der Waals surface area contributed by atoms with Gasteiger partial charge in [0.2, 0.25) is 0 Å². The minimum absolute atomic E-state index is 0.706. The lowest BCUT2D eigenvalue weighted by Crippen LogP contribution is -2.05. The number of hydrogen-bond acceptors (Lipinski definition) is 1. The summed E-state index contributed by atoms with van der Waals surface area (Å²) in [4.78, 5) is 0. The van der Waals surface area contributed by atoms with Crippen molar-refractivity contribution in [2.24, 2.45) is 5.73 Å². The van der Waals surface area contributed by atoms with Gasteiger partial charge in [0.15, 0.2) is 0 Å². The highest BCUT2D eigenvalue weighted by molar-refractivity contribution is 6.30. The molecule has 0 saturated carbocycles. The minimum atomic E-state index is 0.706. The first-order chi connectivity index (χ1) is 6.81. The van der Waals surface area contributed by atoms with Crippen molar-refractivity contribution in [2.45, 2.75) is 19.3 Å². The molecule has 1 aromatic rings. The van der Waals surface area contributed by atoms with E-state index in [0.29, 0.717) is 6.54 Å². The fraction of sp³-hybridized carbons (Fsp3) is 0.333. The third-order valence-electron chi connectivity index (χ3n) is 2.64. The molecule has 0 atom stereocenters. The molecule has 0 radical (unpaired) electrons. The predicted molar refractivity (Wildman–Crippen MR) is 61.4 cm³/mol. The van der Waals surface area contributed by atoms with E-state index in [2.05, 4.69) is 18.2 Å². The van der Waals surface area contributed by atoms with Gasteiger partial charge in [-0.2, -0.15) is 0 Å². The number of hydrogen-bond donors (Lipinski definition) is 1. The molecule has 1 aliphatic rings. The minimum Gasteiger partial charge on any atom is -0.330 e. The smallest absolute Gasteiger partial charge is 0.0412 e. The van der Waals surface area contributed by atoms with E-state index in [-0.39, 0.29) is 0 Å². The molecule has 2 N–H and O–H groups in total. The van der Waals surface area contributed by atoms with Crippen molar-refractivity contribution in [3.05, 3.63) is 40.4 Å². The zero-order chi connectivity index (χ0) is 9.97. The highest BCUT2D eigenvalue weighted by atomic mass is 35.5. The van der Waals surface area contributed by atoms with E-state index in [9.17, 15) is 0 Å². The lowest BCUT2D eigenvalue weighted by atomic mass is 9.89. The fourth-order valence-electron chi connectivity index (χ4n) is 1.97. The first kappa shape index (κ1) is 9.75. The standard InChI is InChI=1S/C12H14ClN/c13-11-5-4-9-2-1-3-10(6-7-14)12(9)8-11/h3-5,8H,1-2,6-7,14H2. The molecule has 1 aliphatic carbocycles. The van der Waals surface area contributed by atoms with E-state index in [1.165, 1.54) is 16.7 Å². The van der Waals surface area contributed by atoms with Crippen LogP contribution in [0.25, 0.3) is 5.57 Å². The average Bonchev–Trinajstić information content (AvgIpc) is 2.19. The van der Waals surface area contributed by atoms with Crippen molar-refractivity contribution in [2.75, 3.05) is 6.54 Å². The SMILES string of the molecule is NCCC1=CCCc2ccc(Cl)cc21. The van der Waals surface area contributed by atoms with Crippen LogP contribution in [0.5, 0.6) is 0 Å².